The quantitative estimate of drug-likeness (QED) is 0.774. The van der Waals surface area contributed by atoms with Crippen molar-refractivity contribution in [3.8, 4) is 5.75 Å². The zero-order valence-corrected chi connectivity index (χ0v) is 13.7. The van der Waals surface area contributed by atoms with Gasteiger partial charge in [-0.05, 0) is 37.5 Å². The highest BCUT2D eigenvalue weighted by Crippen LogP contribution is 2.17. The molecule has 0 bridgehead atoms. The Balaban J connectivity index is 2.69. The van der Waals surface area contributed by atoms with Gasteiger partial charge in [0.25, 0.3) is 0 Å². The summed E-state index contributed by atoms with van der Waals surface area (Å²) in [5.74, 6) is -0.778. The summed E-state index contributed by atoms with van der Waals surface area (Å²) in [6, 6.07) is 7.51. The smallest absolute Gasteiger partial charge is 0.329 e. The molecule has 22 heavy (non-hydrogen) atoms. The zero-order chi connectivity index (χ0) is 16.8. The SMILES string of the molecule is CCCC(C)(NC(=O)C(C)Cc1ccc(OC)cc1)C(=O)O. The standard InChI is InChI=1S/C17H25NO4/c1-5-10-17(3,16(20)21)18-15(19)12(2)11-13-6-8-14(22-4)9-7-13/h6-9,12H,5,10-11H2,1-4H3,(H,18,19)(H,20,21). The van der Waals surface area contributed by atoms with Crippen molar-refractivity contribution in [3.63, 3.8) is 0 Å². The number of amides is 1. The van der Waals surface area contributed by atoms with E-state index in [9.17, 15) is 14.7 Å². The average Bonchev–Trinajstić information content (AvgIpc) is 2.48. The van der Waals surface area contributed by atoms with Crippen molar-refractivity contribution in [1.82, 2.24) is 5.32 Å². The molecule has 5 heteroatoms. The largest absolute Gasteiger partial charge is 0.497 e. The fraction of sp³-hybridized carbons (Fsp3) is 0.529. The fourth-order valence-corrected chi connectivity index (χ4v) is 2.33. The lowest BCUT2D eigenvalue weighted by molar-refractivity contribution is -0.147. The Morgan fingerprint density at radius 1 is 1.32 bits per heavy atom. The molecule has 1 aromatic carbocycles. The maximum atomic E-state index is 12.3. The van der Waals surface area contributed by atoms with Crippen molar-refractivity contribution in [2.75, 3.05) is 7.11 Å². The third kappa shape index (κ3) is 4.76. The van der Waals surface area contributed by atoms with Crippen LogP contribution in [-0.2, 0) is 16.0 Å². The maximum absolute atomic E-state index is 12.3. The molecule has 0 saturated heterocycles. The number of carbonyl (C=O) groups is 2. The Kier molecular flexibility index (Phi) is 6.40. The predicted octanol–water partition coefficient (Wildman–Crippen LogP) is 2.63. The first-order chi connectivity index (χ1) is 10.3. The van der Waals surface area contributed by atoms with Crippen LogP contribution in [0.2, 0.25) is 0 Å². The number of hydrogen-bond donors (Lipinski definition) is 2. The number of carboxylic acid groups (broad SMARTS) is 1. The van der Waals surface area contributed by atoms with E-state index in [1.54, 1.807) is 21.0 Å². The molecular formula is C17H25NO4. The van der Waals surface area contributed by atoms with Crippen LogP contribution in [0.4, 0.5) is 0 Å². The molecule has 122 valence electrons. The minimum Gasteiger partial charge on any atom is -0.497 e. The zero-order valence-electron chi connectivity index (χ0n) is 13.7. The molecule has 2 N–H and O–H groups in total. The van der Waals surface area contributed by atoms with Gasteiger partial charge >= 0.3 is 5.97 Å². The molecule has 0 aliphatic carbocycles. The van der Waals surface area contributed by atoms with Crippen LogP contribution in [0.15, 0.2) is 24.3 Å². The van der Waals surface area contributed by atoms with Crippen LogP contribution in [-0.4, -0.2) is 29.6 Å². The van der Waals surface area contributed by atoms with Crippen molar-refractivity contribution in [3.05, 3.63) is 29.8 Å². The van der Waals surface area contributed by atoms with E-state index in [4.69, 9.17) is 4.74 Å². The van der Waals surface area contributed by atoms with Crippen molar-refractivity contribution in [2.45, 2.75) is 45.6 Å². The van der Waals surface area contributed by atoms with Gasteiger partial charge in [0.15, 0.2) is 0 Å². The Bertz CT molecular complexity index is 512. The molecule has 0 aromatic heterocycles. The second-order valence-electron chi connectivity index (χ2n) is 5.83. The highest BCUT2D eigenvalue weighted by atomic mass is 16.5. The van der Waals surface area contributed by atoms with E-state index in [1.165, 1.54) is 0 Å². The molecule has 5 nitrogen and oxygen atoms in total. The topological polar surface area (TPSA) is 75.6 Å². The minimum atomic E-state index is -1.21. The number of aliphatic carboxylic acids is 1. The van der Waals surface area contributed by atoms with Gasteiger partial charge in [-0.1, -0.05) is 32.4 Å². The third-order valence-electron chi connectivity index (χ3n) is 3.77. The molecule has 0 spiro atoms. The lowest BCUT2D eigenvalue weighted by atomic mass is 9.93. The van der Waals surface area contributed by atoms with Crippen LogP contribution in [0.5, 0.6) is 5.75 Å². The molecule has 0 fully saturated rings. The summed E-state index contributed by atoms with van der Waals surface area (Å²) in [5.41, 5.74) is -0.198. The van der Waals surface area contributed by atoms with Crippen LogP contribution in [0, 0.1) is 5.92 Å². The normalized spacial score (nSPS) is 14.7. The molecule has 0 saturated carbocycles. The molecule has 1 aromatic rings. The number of nitrogens with one attached hydrogen (secondary N) is 1. The van der Waals surface area contributed by atoms with E-state index in [-0.39, 0.29) is 11.8 Å². The van der Waals surface area contributed by atoms with E-state index < -0.39 is 11.5 Å². The number of hydrogen-bond acceptors (Lipinski definition) is 3. The molecule has 1 amide bonds. The molecule has 0 heterocycles. The predicted molar refractivity (Wildman–Crippen MR) is 85.0 cm³/mol. The van der Waals surface area contributed by atoms with Gasteiger partial charge < -0.3 is 15.2 Å². The minimum absolute atomic E-state index is 0.242. The van der Waals surface area contributed by atoms with Gasteiger partial charge in [-0.2, -0.15) is 0 Å². The number of carbonyl (C=O) groups excluding carboxylic acids is 1. The van der Waals surface area contributed by atoms with Crippen molar-refractivity contribution < 1.29 is 19.4 Å². The summed E-state index contributed by atoms with van der Waals surface area (Å²) in [7, 11) is 1.60. The van der Waals surface area contributed by atoms with E-state index in [2.05, 4.69) is 5.32 Å². The van der Waals surface area contributed by atoms with E-state index in [0.717, 1.165) is 11.3 Å². The highest BCUT2D eigenvalue weighted by molar-refractivity contribution is 5.87. The second-order valence-corrected chi connectivity index (χ2v) is 5.83. The fourth-order valence-electron chi connectivity index (χ4n) is 2.33. The Hall–Kier alpha value is -2.04. The summed E-state index contributed by atoms with van der Waals surface area (Å²) >= 11 is 0. The van der Waals surface area contributed by atoms with Gasteiger partial charge in [0.05, 0.1) is 7.11 Å². The number of ether oxygens (including phenoxy) is 1. The lowest BCUT2D eigenvalue weighted by Crippen LogP contribution is -2.53. The maximum Gasteiger partial charge on any atom is 0.329 e. The van der Waals surface area contributed by atoms with E-state index in [1.807, 2.05) is 31.2 Å². The summed E-state index contributed by atoms with van der Waals surface area (Å²) in [4.78, 5) is 23.6. The number of benzene rings is 1. The number of carboxylic acids is 1. The first-order valence-electron chi connectivity index (χ1n) is 7.50. The molecule has 0 aliphatic heterocycles. The lowest BCUT2D eigenvalue weighted by Gasteiger charge is -2.27. The summed E-state index contributed by atoms with van der Waals surface area (Å²) in [6.07, 6.45) is 1.65. The summed E-state index contributed by atoms with van der Waals surface area (Å²) in [6.45, 7) is 5.25. The highest BCUT2D eigenvalue weighted by Gasteiger charge is 2.34. The number of methoxy groups -OCH3 is 1. The van der Waals surface area contributed by atoms with Gasteiger partial charge in [0.2, 0.25) is 5.91 Å². The first kappa shape index (κ1) is 18.0. The summed E-state index contributed by atoms with van der Waals surface area (Å²) < 4.78 is 5.10. The Morgan fingerprint density at radius 3 is 2.36 bits per heavy atom. The molecular weight excluding hydrogens is 282 g/mol. The average molecular weight is 307 g/mol. The van der Waals surface area contributed by atoms with Crippen LogP contribution < -0.4 is 10.1 Å². The van der Waals surface area contributed by atoms with Gasteiger partial charge in [0.1, 0.15) is 11.3 Å². The van der Waals surface area contributed by atoms with Gasteiger partial charge in [-0.25, -0.2) is 4.79 Å². The van der Waals surface area contributed by atoms with Crippen LogP contribution in [0.3, 0.4) is 0 Å². The van der Waals surface area contributed by atoms with E-state index >= 15 is 0 Å². The molecule has 2 atom stereocenters. The summed E-state index contributed by atoms with van der Waals surface area (Å²) in [5, 5.41) is 12.0. The monoisotopic (exact) mass is 307 g/mol. The third-order valence-corrected chi connectivity index (χ3v) is 3.77. The van der Waals surface area contributed by atoms with Crippen LogP contribution in [0.1, 0.15) is 39.2 Å². The van der Waals surface area contributed by atoms with Gasteiger partial charge in [-0.15, -0.1) is 0 Å². The van der Waals surface area contributed by atoms with Crippen LogP contribution >= 0.6 is 0 Å². The van der Waals surface area contributed by atoms with E-state index in [0.29, 0.717) is 19.3 Å². The van der Waals surface area contributed by atoms with Crippen molar-refractivity contribution in [2.24, 2.45) is 5.92 Å². The van der Waals surface area contributed by atoms with Crippen molar-refractivity contribution >= 4 is 11.9 Å². The second kappa shape index (κ2) is 7.82. The Labute approximate surface area is 131 Å². The van der Waals surface area contributed by atoms with Crippen LogP contribution in [0.25, 0.3) is 0 Å². The molecule has 0 radical (unpaired) electrons. The van der Waals surface area contributed by atoms with Gasteiger partial charge in [0, 0.05) is 5.92 Å². The molecule has 2 unspecified atom stereocenters. The van der Waals surface area contributed by atoms with Gasteiger partial charge in [-0.3, -0.25) is 4.79 Å². The first-order valence-corrected chi connectivity index (χ1v) is 7.50. The molecule has 0 aliphatic rings. The van der Waals surface area contributed by atoms with Crippen molar-refractivity contribution in [1.29, 1.82) is 0 Å². The Morgan fingerprint density at radius 2 is 1.91 bits per heavy atom. The molecule has 1 rings (SSSR count). The number of rotatable bonds is 8.